The molecular weight excluding hydrogens is 256 g/mol. The molecule has 0 saturated heterocycles. The lowest BCUT2D eigenvalue weighted by atomic mass is 10.1. The minimum absolute atomic E-state index is 0.0554. The molecule has 0 spiro atoms. The van der Waals surface area contributed by atoms with Crippen LogP contribution in [0.3, 0.4) is 0 Å². The van der Waals surface area contributed by atoms with E-state index in [0.29, 0.717) is 24.3 Å². The van der Waals surface area contributed by atoms with Gasteiger partial charge in [0.2, 0.25) is 0 Å². The number of rotatable bonds is 8. The van der Waals surface area contributed by atoms with Crippen LogP contribution in [0.25, 0.3) is 0 Å². The molecular formula is C15H24N2O3. The highest BCUT2D eigenvalue weighted by Crippen LogP contribution is 2.16. The molecule has 0 saturated carbocycles. The van der Waals surface area contributed by atoms with Crippen molar-refractivity contribution in [2.75, 3.05) is 5.73 Å². The predicted molar refractivity (Wildman–Crippen MR) is 79.5 cm³/mol. The van der Waals surface area contributed by atoms with Gasteiger partial charge in [-0.15, -0.1) is 0 Å². The van der Waals surface area contributed by atoms with Gasteiger partial charge in [-0.2, -0.15) is 0 Å². The minimum Gasteiger partial charge on any atom is -0.473 e. The SMILES string of the molecule is CC(=O)CCC(O)C(NC(C)C)Oc1ccc(N)cc1. The van der Waals surface area contributed by atoms with Crippen LogP contribution in [0.5, 0.6) is 5.75 Å². The second kappa shape index (κ2) is 7.87. The lowest BCUT2D eigenvalue weighted by Gasteiger charge is -2.27. The molecule has 1 rings (SSSR count). The zero-order chi connectivity index (χ0) is 15.1. The van der Waals surface area contributed by atoms with Gasteiger partial charge in [0.1, 0.15) is 17.6 Å². The Balaban J connectivity index is 2.67. The van der Waals surface area contributed by atoms with E-state index >= 15 is 0 Å². The van der Waals surface area contributed by atoms with Crippen molar-refractivity contribution >= 4 is 11.5 Å². The third-order valence-corrected chi connectivity index (χ3v) is 2.78. The molecule has 0 heterocycles. The number of ketones is 1. The van der Waals surface area contributed by atoms with E-state index in [2.05, 4.69) is 5.32 Å². The molecule has 0 aliphatic carbocycles. The predicted octanol–water partition coefficient (Wildman–Crippen LogP) is 1.70. The molecule has 0 aliphatic rings. The average Bonchev–Trinajstić information content (AvgIpc) is 2.37. The number of benzene rings is 1. The first-order valence-electron chi connectivity index (χ1n) is 6.84. The summed E-state index contributed by atoms with van der Waals surface area (Å²) >= 11 is 0. The number of nitrogens with two attached hydrogens (primary N) is 1. The lowest BCUT2D eigenvalue weighted by Crippen LogP contribution is -2.47. The zero-order valence-corrected chi connectivity index (χ0v) is 12.3. The minimum atomic E-state index is -0.751. The quantitative estimate of drug-likeness (QED) is 0.498. The highest BCUT2D eigenvalue weighted by Gasteiger charge is 2.22. The fraction of sp³-hybridized carbons (Fsp3) is 0.533. The number of hydrogen-bond donors (Lipinski definition) is 3. The van der Waals surface area contributed by atoms with E-state index in [9.17, 15) is 9.90 Å². The summed E-state index contributed by atoms with van der Waals surface area (Å²) in [6.07, 6.45) is -0.603. The molecule has 0 fully saturated rings. The van der Waals surface area contributed by atoms with Crippen LogP contribution in [0.1, 0.15) is 33.6 Å². The maximum atomic E-state index is 11.0. The molecule has 5 nitrogen and oxygen atoms in total. The normalized spacial score (nSPS) is 14.1. The van der Waals surface area contributed by atoms with Crippen LogP contribution in [0.4, 0.5) is 5.69 Å². The summed E-state index contributed by atoms with van der Waals surface area (Å²) in [5.74, 6) is 0.680. The van der Waals surface area contributed by atoms with Crippen molar-refractivity contribution in [3.8, 4) is 5.75 Å². The van der Waals surface area contributed by atoms with Gasteiger partial charge in [-0.05, 0) is 51.5 Å². The highest BCUT2D eigenvalue weighted by molar-refractivity contribution is 5.75. The van der Waals surface area contributed by atoms with Crippen molar-refractivity contribution in [1.82, 2.24) is 5.32 Å². The Morgan fingerprint density at radius 3 is 2.45 bits per heavy atom. The summed E-state index contributed by atoms with van der Waals surface area (Å²) in [5.41, 5.74) is 6.28. The topological polar surface area (TPSA) is 84.6 Å². The number of carbonyl (C=O) groups excluding carboxylic acids is 1. The fourth-order valence-corrected chi connectivity index (χ4v) is 1.75. The maximum Gasteiger partial charge on any atom is 0.176 e. The van der Waals surface area contributed by atoms with Gasteiger partial charge in [0, 0.05) is 18.2 Å². The molecule has 1 aromatic carbocycles. The first-order chi connectivity index (χ1) is 9.38. The number of nitrogens with one attached hydrogen (secondary N) is 1. The molecule has 2 atom stereocenters. The van der Waals surface area contributed by atoms with Crippen LogP contribution in [0, 0.1) is 0 Å². The zero-order valence-electron chi connectivity index (χ0n) is 12.3. The number of hydrogen-bond acceptors (Lipinski definition) is 5. The Hall–Kier alpha value is -1.59. The fourth-order valence-electron chi connectivity index (χ4n) is 1.75. The van der Waals surface area contributed by atoms with Gasteiger partial charge < -0.3 is 20.4 Å². The Bertz CT molecular complexity index is 418. The van der Waals surface area contributed by atoms with Gasteiger partial charge in [0.25, 0.3) is 0 Å². The van der Waals surface area contributed by atoms with Gasteiger partial charge in [-0.25, -0.2) is 0 Å². The molecule has 5 heteroatoms. The summed E-state index contributed by atoms with van der Waals surface area (Å²) in [6, 6.07) is 7.14. The number of aliphatic hydroxyl groups is 1. The summed E-state index contributed by atoms with van der Waals surface area (Å²) in [4.78, 5) is 11.0. The Morgan fingerprint density at radius 1 is 1.35 bits per heavy atom. The van der Waals surface area contributed by atoms with Gasteiger partial charge in [0.05, 0.1) is 0 Å². The van der Waals surface area contributed by atoms with Crippen LogP contribution in [-0.4, -0.2) is 29.3 Å². The van der Waals surface area contributed by atoms with Crippen molar-refractivity contribution in [1.29, 1.82) is 0 Å². The van der Waals surface area contributed by atoms with Crippen molar-refractivity contribution in [3.63, 3.8) is 0 Å². The number of carbonyl (C=O) groups is 1. The van der Waals surface area contributed by atoms with Crippen molar-refractivity contribution in [2.45, 2.75) is 52.0 Å². The van der Waals surface area contributed by atoms with E-state index in [1.165, 1.54) is 6.92 Å². The molecule has 4 N–H and O–H groups in total. The third-order valence-electron chi connectivity index (χ3n) is 2.78. The number of ether oxygens (including phenoxy) is 1. The molecule has 112 valence electrons. The van der Waals surface area contributed by atoms with Gasteiger partial charge in [-0.1, -0.05) is 0 Å². The number of nitrogen functional groups attached to an aromatic ring is 1. The van der Waals surface area contributed by atoms with Crippen molar-refractivity contribution in [3.05, 3.63) is 24.3 Å². The summed E-state index contributed by atoms with van der Waals surface area (Å²) < 4.78 is 5.75. The van der Waals surface area contributed by atoms with E-state index < -0.39 is 12.3 Å². The van der Waals surface area contributed by atoms with E-state index in [1.807, 2.05) is 13.8 Å². The monoisotopic (exact) mass is 280 g/mol. The molecule has 0 aliphatic heterocycles. The lowest BCUT2D eigenvalue weighted by molar-refractivity contribution is -0.118. The van der Waals surface area contributed by atoms with Gasteiger partial charge in [0.15, 0.2) is 6.23 Å². The van der Waals surface area contributed by atoms with E-state index in [-0.39, 0.29) is 11.8 Å². The smallest absolute Gasteiger partial charge is 0.176 e. The van der Waals surface area contributed by atoms with Crippen LogP contribution in [0.15, 0.2) is 24.3 Å². The van der Waals surface area contributed by atoms with Crippen LogP contribution in [0.2, 0.25) is 0 Å². The van der Waals surface area contributed by atoms with E-state index in [0.717, 1.165) is 0 Å². The first-order valence-corrected chi connectivity index (χ1v) is 6.84. The molecule has 0 bridgehead atoms. The molecule has 0 aromatic heterocycles. The first kappa shape index (κ1) is 16.5. The third kappa shape index (κ3) is 6.04. The van der Waals surface area contributed by atoms with Gasteiger partial charge in [-0.3, -0.25) is 5.32 Å². The van der Waals surface area contributed by atoms with Crippen molar-refractivity contribution < 1.29 is 14.6 Å². The van der Waals surface area contributed by atoms with Crippen LogP contribution in [-0.2, 0) is 4.79 Å². The molecule has 2 unspecified atom stereocenters. The average molecular weight is 280 g/mol. The Morgan fingerprint density at radius 2 is 1.95 bits per heavy atom. The van der Waals surface area contributed by atoms with Crippen LogP contribution < -0.4 is 15.8 Å². The number of Topliss-reactive ketones (excluding diaryl/α,β-unsaturated/α-hetero) is 1. The summed E-state index contributed by atoms with van der Waals surface area (Å²) in [6.45, 7) is 5.45. The van der Waals surface area contributed by atoms with Crippen LogP contribution >= 0.6 is 0 Å². The summed E-state index contributed by atoms with van der Waals surface area (Å²) in [7, 11) is 0. The second-order valence-corrected chi connectivity index (χ2v) is 5.24. The van der Waals surface area contributed by atoms with Crippen molar-refractivity contribution in [2.24, 2.45) is 0 Å². The molecule has 0 amide bonds. The Kier molecular flexibility index (Phi) is 6.48. The van der Waals surface area contributed by atoms with E-state index in [1.54, 1.807) is 24.3 Å². The standard InChI is InChI=1S/C15H24N2O3/c1-10(2)17-15(14(19)9-4-11(3)18)20-13-7-5-12(16)6-8-13/h5-8,10,14-15,17,19H,4,9,16H2,1-3H3. The largest absolute Gasteiger partial charge is 0.473 e. The second-order valence-electron chi connectivity index (χ2n) is 5.24. The van der Waals surface area contributed by atoms with Gasteiger partial charge >= 0.3 is 0 Å². The number of aliphatic hydroxyl groups excluding tert-OH is 1. The molecule has 1 aromatic rings. The summed E-state index contributed by atoms with van der Waals surface area (Å²) in [5, 5.41) is 13.3. The molecule has 20 heavy (non-hydrogen) atoms. The molecule has 0 radical (unpaired) electrons. The maximum absolute atomic E-state index is 11.0. The Labute approximate surface area is 120 Å². The highest BCUT2D eigenvalue weighted by atomic mass is 16.5. The number of anilines is 1. The van der Waals surface area contributed by atoms with E-state index in [4.69, 9.17) is 10.5 Å².